The first-order valence-electron chi connectivity index (χ1n) is 12.4. The molecule has 5 heteroatoms. The molecule has 0 heterocycles. The number of rotatable bonds is 10. The van der Waals surface area contributed by atoms with Crippen LogP contribution >= 0.6 is 0 Å². The average Bonchev–Trinajstić information content (AvgIpc) is 2.90. The lowest BCUT2D eigenvalue weighted by atomic mass is 9.97. The first-order chi connectivity index (χ1) is 17.9. The minimum Gasteiger partial charge on any atom is -0.481 e. The van der Waals surface area contributed by atoms with Crippen LogP contribution in [0.4, 0.5) is 4.39 Å². The molecule has 0 atom stereocenters. The Morgan fingerprint density at radius 2 is 1.54 bits per heavy atom. The van der Waals surface area contributed by atoms with Crippen molar-refractivity contribution in [2.45, 2.75) is 32.7 Å². The largest absolute Gasteiger partial charge is 0.481 e. The van der Waals surface area contributed by atoms with Gasteiger partial charge in [-0.3, -0.25) is 9.59 Å². The number of carbonyl (C=O) groups is 2. The Balaban J connectivity index is 1.54. The Morgan fingerprint density at radius 3 is 2.27 bits per heavy atom. The van der Waals surface area contributed by atoms with Gasteiger partial charge < -0.3 is 10.0 Å². The Hall–Kier alpha value is -4.25. The summed E-state index contributed by atoms with van der Waals surface area (Å²) in [5.41, 5.74) is 5.82. The van der Waals surface area contributed by atoms with Gasteiger partial charge in [0.05, 0.1) is 6.42 Å². The fraction of sp³-hybridized carbons (Fsp3) is 0.188. The lowest BCUT2D eigenvalue weighted by Crippen LogP contribution is -2.32. The molecule has 1 N–H and O–H groups in total. The van der Waals surface area contributed by atoms with Crippen LogP contribution in [-0.2, 0) is 24.2 Å². The Labute approximate surface area is 217 Å². The van der Waals surface area contributed by atoms with Crippen LogP contribution in [0.25, 0.3) is 11.1 Å². The number of halogens is 1. The van der Waals surface area contributed by atoms with Gasteiger partial charge in [0.1, 0.15) is 5.82 Å². The topological polar surface area (TPSA) is 57.6 Å². The van der Waals surface area contributed by atoms with Gasteiger partial charge in [-0.2, -0.15) is 0 Å². The third-order valence-corrected chi connectivity index (χ3v) is 6.45. The van der Waals surface area contributed by atoms with E-state index in [2.05, 4.69) is 12.1 Å². The van der Waals surface area contributed by atoms with Gasteiger partial charge in [-0.25, -0.2) is 4.39 Å². The van der Waals surface area contributed by atoms with Crippen molar-refractivity contribution in [2.75, 3.05) is 6.54 Å². The number of hydrogen-bond donors (Lipinski definition) is 1. The van der Waals surface area contributed by atoms with Gasteiger partial charge in [-0.1, -0.05) is 84.9 Å². The predicted molar refractivity (Wildman–Crippen MR) is 144 cm³/mol. The van der Waals surface area contributed by atoms with Crippen molar-refractivity contribution < 1.29 is 19.1 Å². The Bertz CT molecular complexity index is 1370. The predicted octanol–water partition coefficient (Wildman–Crippen LogP) is 6.70. The summed E-state index contributed by atoms with van der Waals surface area (Å²) in [4.78, 5) is 26.5. The fourth-order valence-corrected chi connectivity index (χ4v) is 4.50. The molecule has 0 saturated carbocycles. The molecule has 4 nitrogen and oxygen atoms in total. The van der Waals surface area contributed by atoms with Crippen LogP contribution in [0, 0.1) is 12.7 Å². The molecular weight excluding hydrogens is 465 g/mol. The molecule has 0 aliphatic heterocycles. The van der Waals surface area contributed by atoms with E-state index in [4.69, 9.17) is 0 Å². The van der Waals surface area contributed by atoms with Crippen molar-refractivity contribution in [3.8, 4) is 11.1 Å². The summed E-state index contributed by atoms with van der Waals surface area (Å²) in [5.74, 6) is -1.50. The molecule has 37 heavy (non-hydrogen) atoms. The highest BCUT2D eigenvalue weighted by Gasteiger charge is 2.19. The maximum absolute atomic E-state index is 14.0. The zero-order valence-corrected chi connectivity index (χ0v) is 20.9. The quantitative estimate of drug-likeness (QED) is 0.266. The standard InChI is InChI=1S/C32H30FNO3/c1-23-13-18-28(33)21-30(23)32(37)34(19-7-10-24-8-3-2-4-9-24)22-25-14-16-26(17-15-25)29-12-6-5-11-27(29)20-31(35)36/h2-6,8-9,11-18,21H,7,10,19-20,22H2,1H3,(H,35,36). The first-order valence-corrected chi connectivity index (χ1v) is 12.4. The average molecular weight is 496 g/mol. The zero-order chi connectivity index (χ0) is 26.2. The van der Waals surface area contributed by atoms with Gasteiger partial charge in [0.2, 0.25) is 0 Å². The van der Waals surface area contributed by atoms with E-state index in [9.17, 15) is 19.1 Å². The summed E-state index contributed by atoms with van der Waals surface area (Å²) in [6.45, 7) is 2.74. The molecule has 188 valence electrons. The number of carbonyl (C=O) groups excluding carboxylic acids is 1. The molecular formula is C32H30FNO3. The van der Waals surface area contributed by atoms with Crippen molar-refractivity contribution in [2.24, 2.45) is 0 Å². The van der Waals surface area contributed by atoms with Crippen molar-refractivity contribution in [1.82, 2.24) is 4.90 Å². The lowest BCUT2D eigenvalue weighted by molar-refractivity contribution is -0.136. The normalized spacial score (nSPS) is 10.8. The molecule has 4 aromatic rings. The van der Waals surface area contributed by atoms with Crippen LogP contribution in [0.1, 0.15) is 39.0 Å². The van der Waals surface area contributed by atoms with Gasteiger partial charge in [0.15, 0.2) is 0 Å². The van der Waals surface area contributed by atoms with E-state index in [0.29, 0.717) is 18.7 Å². The van der Waals surface area contributed by atoms with E-state index >= 15 is 0 Å². The van der Waals surface area contributed by atoms with Crippen molar-refractivity contribution in [3.05, 3.63) is 131 Å². The minimum absolute atomic E-state index is 0.0470. The first kappa shape index (κ1) is 25.8. The Morgan fingerprint density at radius 1 is 0.838 bits per heavy atom. The van der Waals surface area contributed by atoms with E-state index in [1.807, 2.05) is 73.7 Å². The van der Waals surface area contributed by atoms with Crippen LogP contribution in [0.5, 0.6) is 0 Å². The van der Waals surface area contributed by atoms with Crippen LogP contribution in [-0.4, -0.2) is 28.4 Å². The third-order valence-electron chi connectivity index (χ3n) is 6.45. The maximum Gasteiger partial charge on any atom is 0.307 e. The number of benzene rings is 4. The number of nitrogens with zero attached hydrogens (tertiary/aromatic N) is 1. The molecule has 4 rings (SSSR count). The number of amides is 1. The number of hydrogen-bond acceptors (Lipinski definition) is 2. The summed E-state index contributed by atoms with van der Waals surface area (Å²) in [6, 6.07) is 29.7. The molecule has 0 saturated heterocycles. The molecule has 0 radical (unpaired) electrons. The Kier molecular flexibility index (Phi) is 8.47. The monoisotopic (exact) mass is 495 g/mol. The summed E-state index contributed by atoms with van der Waals surface area (Å²) in [7, 11) is 0. The van der Waals surface area contributed by atoms with Crippen molar-refractivity contribution in [3.63, 3.8) is 0 Å². The molecule has 0 bridgehead atoms. The second-order valence-electron chi connectivity index (χ2n) is 9.20. The summed E-state index contributed by atoms with van der Waals surface area (Å²) < 4.78 is 14.0. The highest BCUT2D eigenvalue weighted by Crippen LogP contribution is 2.25. The maximum atomic E-state index is 14.0. The second kappa shape index (κ2) is 12.1. The minimum atomic E-state index is -0.874. The molecule has 0 aliphatic carbocycles. The van der Waals surface area contributed by atoms with Gasteiger partial charge >= 0.3 is 5.97 Å². The van der Waals surface area contributed by atoms with E-state index in [0.717, 1.165) is 40.7 Å². The molecule has 0 spiro atoms. The van der Waals surface area contributed by atoms with Crippen molar-refractivity contribution in [1.29, 1.82) is 0 Å². The molecule has 0 aromatic heterocycles. The number of carboxylic acid groups (broad SMARTS) is 1. The van der Waals surface area contributed by atoms with E-state index in [-0.39, 0.29) is 12.3 Å². The van der Waals surface area contributed by atoms with Crippen molar-refractivity contribution >= 4 is 11.9 Å². The zero-order valence-electron chi connectivity index (χ0n) is 20.9. The van der Waals surface area contributed by atoms with Gasteiger partial charge in [-0.15, -0.1) is 0 Å². The summed E-state index contributed by atoms with van der Waals surface area (Å²) in [5, 5.41) is 9.25. The fourth-order valence-electron chi connectivity index (χ4n) is 4.50. The van der Waals surface area contributed by atoms with E-state index in [1.165, 1.54) is 17.7 Å². The molecule has 0 unspecified atom stereocenters. The smallest absolute Gasteiger partial charge is 0.307 e. The van der Waals surface area contributed by atoms with Gasteiger partial charge in [-0.05, 0) is 65.3 Å². The molecule has 4 aromatic carbocycles. The molecule has 0 aliphatic rings. The van der Waals surface area contributed by atoms with E-state index < -0.39 is 11.8 Å². The molecule has 1 amide bonds. The number of carboxylic acids is 1. The van der Waals surface area contributed by atoms with Crippen LogP contribution < -0.4 is 0 Å². The number of aliphatic carboxylic acids is 1. The number of aryl methyl sites for hydroxylation is 2. The summed E-state index contributed by atoms with van der Waals surface area (Å²) >= 11 is 0. The molecule has 0 fully saturated rings. The van der Waals surface area contributed by atoms with Crippen LogP contribution in [0.3, 0.4) is 0 Å². The van der Waals surface area contributed by atoms with Crippen LogP contribution in [0.2, 0.25) is 0 Å². The van der Waals surface area contributed by atoms with Gasteiger partial charge in [0, 0.05) is 18.7 Å². The van der Waals surface area contributed by atoms with Crippen LogP contribution in [0.15, 0.2) is 97.1 Å². The van der Waals surface area contributed by atoms with Gasteiger partial charge in [0.25, 0.3) is 5.91 Å². The SMILES string of the molecule is Cc1ccc(F)cc1C(=O)N(CCCc1ccccc1)Cc1ccc(-c2ccccc2CC(=O)O)cc1. The third kappa shape index (κ3) is 6.91. The summed E-state index contributed by atoms with van der Waals surface area (Å²) in [6.07, 6.45) is 1.57. The second-order valence-corrected chi connectivity index (χ2v) is 9.20. The lowest BCUT2D eigenvalue weighted by Gasteiger charge is -2.24. The highest BCUT2D eigenvalue weighted by molar-refractivity contribution is 5.95. The van der Waals surface area contributed by atoms with E-state index in [1.54, 1.807) is 11.0 Å². The highest BCUT2D eigenvalue weighted by atomic mass is 19.1.